The van der Waals surface area contributed by atoms with Crippen molar-refractivity contribution in [2.24, 2.45) is 0 Å². The van der Waals surface area contributed by atoms with Gasteiger partial charge in [-0.05, 0) is 43.4 Å². The minimum absolute atomic E-state index is 0.123. The van der Waals surface area contributed by atoms with Crippen LogP contribution in [0.4, 0.5) is 4.39 Å². The first kappa shape index (κ1) is 13.3. The summed E-state index contributed by atoms with van der Waals surface area (Å²) in [4.78, 5) is 4.13. The van der Waals surface area contributed by atoms with E-state index < -0.39 is 0 Å². The standard InChI is InChI=1S/C16H20FN3/c1-12-5-6-13(9-14(12)17)10-19-15-3-2-4-16(15)20-8-7-18-11-20/h5-9,11,15-16,19H,2-4,10H2,1H3. The molecule has 2 unspecified atom stereocenters. The van der Waals surface area contributed by atoms with Gasteiger partial charge in [0.1, 0.15) is 5.82 Å². The number of imidazole rings is 1. The molecule has 2 aromatic rings. The lowest BCUT2D eigenvalue weighted by atomic mass is 10.1. The van der Waals surface area contributed by atoms with Crippen LogP contribution in [-0.4, -0.2) is 15.6 Å². The zero-order valence-electron chi connectivity index (χ0n) is 11.7. The van der Waals surface area contributed by atoms with Crippen molar-refractivity contribution in [1.29, 1.82) is 0 Å². The van der Waals surface area contributed by atoms with Crippen LogP contribution in [0.1, 0.15) is 36.4 Å². The Morgan fingerprint density at radius 3 is 3.05 bits per heavy atom. The summed E-state index contributed by atoms with van der Waals surface area (Å²) in [6.45, 7) is 2.51. The molecule has 20 heavy (non-hydrogen) atoms. The molecule has 2 atom stereocenters. The van der Waals surface area contributed by atoms with Crippen molar-refractivity contribution in [2.75, 3.05) is 0 Å². The highest BCUT2D eigenvalue weighted by molar-refractivity contribution is 5.23. The van der Waals surface area contributed by atoms with Crippen molar-refractivity contribution < 1.29 is 4.39 Å². The molecule has 3 nitrogen and oxygen atoms in total. The number of nitrogens with one attached hydrogen (secondary N) is 1. The highest BCUT2D eigenvalue weighted by Gasteiger charge is 2.27. The van der Waals surface area contributed by atoms with E-state index in [-0.39, 0.29) is 5.82 Å². The second kappa shape index (κ2) is 5.75. The van der Waals surface area contributed by atoms with Crippen LogP contribution in [0.3, 0.4) is 0 Å². The van der Waals surface area contributed by atoms with Crippen LogP contribution in [0.15, 0.2) is 36.9 Å². The maximum Gasteiger partial charge on any atom is 0.126 e. The highest BCUT2D eigenvalue weighted by atomic mass is 19.1. The zero-order chi connectivity index (χ0) is 13.9. The summed E-state index contributed by atoms with van der Waals surface area (Å²) in [6.07, 6.45) is 9.30. The molecule has 0 bridgehead atoms. The van der Waals surface area contributed by atoms with Crippen molar-refractivity contribution in [3.05, 3.63) is 53.9 Å². The van der Waals surface area contributed by atoms with Crippen molar-refractivity contribution in [1.82, 2.24) is 14.9 Å². The van der Waals surface area contributed by atoms with Crippen LogP contribution in [-0.2, 0) is 6.54 Å². The SMILES string of the molecule is Cc1ccc(CNC2CCCC2n2ccnc2)cc1F. The Balaban J connectivity index is 1.64. The van der Waals surface area contributed by atoms with E-state index in [9.17, 15) is 4.39 Å². The van der Waals surface area contributed by atoms with E-state index in [0.29, 0.717) is 24.2 Å². The summed E-state index contributed by atoms with van der Waals surface area (Å²) in [5.41, 5.74) is 1.70. The summed E-state index contributed by atoms with van der Waals surface area (Å²) in [5, 5.41) is 3.57. The highest BCUT2D eigenvalue weighted by Crippen LogP contribution is 2.30. The van der Waals surface area contributed by atoms with Crippen LogP contribution >= 0.6 is 0 Å². The Hall–Kier alpha value is -1.68. The van der Waals surface area contributed by atoms with Crippen molar-refractivity contribution in [2.45, 2.75) is 44.8 Å². The largest absolute Gasteiger partial charge is 0.333 e. The number of hydrogen-bond donors (Lipinski definition) is 1. The predicted molar refractivity (Wildman–Crippen MR) is 76.9 cm³/mol. The van der Waals surface area contributed by atoms with E-state index in [0.717, 1.165) is 12.0 Å². The number of benzene rings is 1. The molecule has 1 fully saturated rings. The van der Waals surface area contributed by atoms with Gasteiger partial charge < -0.3 is 9.88 Å². The topological polar surface area (TPSA) is 29.9 Å². The van der Waals surface area contributed by atoms with Crippen LogP contribution in [0.5, 0.6) is 0 Å². The average molecular weight is 273 g/mol. The molecule has 1 aliphatic rings. The average Bonchev–Trinajstić information content (AvgIpc) is 3.09. The molecule has 0 aliphatic heterocycles. The molecule has 1 aliphatic carbocycles. The van der Waals surface area contributed by atoms with Gasteiger partial charge in [0, 0.05) is 31.0 Å². The zero-order valence-corrected chi connectivity index (χ0v) is 11.7. The van der Waals surface area contributed by atoms with Crippen molar-refractivity contribution >= 4 is 0 Å². The van der Waals surface area contributed by atoms with Gasteiger partial charge >= 0.3 is 0 Å². The molecular formula is C16H20FN3. The molecule has 0 saturated heterocycles. The Bertz CT molecular complexity index is 565. The third-order valence-electron chi connectivity index (χ3n) is 4.19. The van der Waals surface area contributed by atoms with Gasteiger partial charge in [0.2, 0.25) is 0 Å². The molecule has 1 saturated carbocycles. The maximum atomic E-state index is 13.5. The van der Waals surface area contributed by atoms with E-state index >= 15 is 0 Å². The van der Waals surface area contributed by atoms with Gasteiger partial charge in [0.15, 0.2) is 0 Å². The number of nitrogens with zero attached hydrogens (tertiary/aromatic N) is 2. The second-order valence-electron chi connectivity index (χ2n) is 5.58. The lowest BCUT2D eigenvalue weighted by Crippen LogP contribution is -2.33. The Kier molecular flexibility index (Phi) is 3.83. The minimum Gasteiger partial charge on any atom is -0.333 e. The Morgan fingerprint density at radius 1 is 1.40 bits per heavy atom. The predicted octanol–water partition coefficient (Wildman–Crippen LogP) is 3.21. The summed E-state index contributed by atoms with van der Waals surface area (Å²) < 4.78 is 15.7. The summed E-state index contributed by atoms with van der Waals surface area (Å²) in [7, 11) is 0. The fraction of sp³-hybridized carbons (Fsp3) is 0.438. The molecule has 1 aromatic carbocycles. The van der Waals surface area contributed by atoms with Gasteiger partial charge in [-0.15, -0.1) is 0 Å². The van der Waals surface area contributed by atoms with Gasteiger partial charge in [-0.2, -0.15) is 0 Å². The van der Waals surface area contributed by atoms with Gasteiger partial charge in [-0.25, -0.2) is 9.37 Å². The number of halogens is 1. The fourth-order valence-corrected chi connectivity index (χ4v) is 3.00. The smallest absolute Gasteiger partial charge is 0.126 e. The molecule has 3 rings (SSSR count). The van der Waals surface area contributed by atoms with Crippen LogP contribution in [0, 0.1) is 12.7 Å². The molecule has 1 aromatic heterocycles. The maximum absolute atomic E-state index is 13.5. The molecule has 1 heterocycles. The normalized spacial score (nSPS) is 22.3. The third kappa shape index (κ3) is 2.75. The molecule has 4 heteroatoms. The quantitative estimate of drug-likeness (QED) is 0.927. The Labute approximate surface area is 118 Å². The second-order valence-corrected chi connectivity index (χ2v) is 5.58. The molecule has 1 N–H and O–H groups in total. The molecular weight excluding hydrogens is 253 g/mol. The van der Waals surface area contributed by atoms with E-state index in [4.69, 9.17) is 0 Å². The third-order valence-corrected chi connectivity index (χ3v) is 4.19. The first-order valence-electron chi connectivity index (χ1n) is 7.20. The van der Waals surface area contributed by atoms with Crippen molar-refractivity contribution in [3.8, 4) is 0 Å². The lowest BCUT2D eigenvalue weighted by Gasteiger charge is -2.22. The minimum atomic E-state index is -0.123. The first-order valence-corrected chi connectivity index (χ1v) is 7.20. The molecule has 0 spiro atoms. The van der Waals surface area contributed by atoms with Crippen LogP contribution in [0.25, 0.3) is 0 Å². The van der Waals surface area contributed by atoms with Crippen molar-refractivity contribution in [3.63, 3.8) is 0 Å². The van der Waals surface area contributed by atoms with Crippen LogP contribution < -0.4 is 5.32 Å². The first-order chi connectivity index (χ1) is 9.74. The summed E-state index contributed by atoms with van der Waals surface area (Å²) >= 11 is 0. The molecule has 0 amide bonds. The number of aryl methyl sites for hydroxylation is 1. The summed E-state index contributed by atoms with van der Waals surface area (Å²) in [6, 6.07) is 6.37. The molecule has 106 valence electrons. The van der Waals surface area contributed by atoms with Crippen LogP contribution in [0.2, 0.25) is 0 Å². The van der Waals surface area contributed by atoms with E-state index in [1.54, 1.807) is 13.0 Å². The number of hydrogen-bond acceptors (Lipinski definition) is 2. The van der Waals surface area contributed by atoms with Gasteiger partial charge in [0.05, 0.1) is 6.33 Å². The molecule has 0 radical (unpaired) electrons. The van der Waals surface area contributed by atoms with Gasteiger partial charge in [-0.3, -0.25) is 0 Å². The van der Waals surface area contributed by atoms with Gasteiger partial charge in [0.25, 0.3) is 0 Å². The van der Waals surface area contributed by atoms with Gasteiger partial charge in [-0.1, -0.05) is 12.1 Å². The number of aromatic nitrogens is 2. The fourth-order valence-electron chi connectivity index (χ4n) is 3.00. The monoisotopic (exact) mass is 273 g/mol. The Morgan fingerprint density at radius 2 is 2.30 bits per heavy atom. The summed E-state index contributed by atoms with van der Waals surface area (Å²) in [5.74, 6) is -0.123. The lowest BCUT2D eigenvalue weighted by molar-refractivity contribution is 0.390. The number of rotatable bonds is 4. The van der Waals surface area contributed by atoms with E-state index in [1.807, 2.05) is 30.9 Å². The van der Waals surface area contributed by atoms with E-state index in [2.05, 4.69) is 14.9 Å². The van der Waals surface area contributed by atoms with E-state index in [1.165, 1.54) is 12.8 Å².